The van der Waals surface area contributed by atoms with Gasteiger partial charge in [0.1, 0.15) is 0 Å². The Bertz CT molecular complexity index is 434. The number of hydrogen-bond acceptors (Lipinski definition) is 4. The molecule has 0 amide bonds. The van der Waals surface area contributed by atoms with Gasteiger partial charge in [0.15, 0.2) is 11.5 Å². The molecule has 1 atom stereocenters. The van der Waals surface area contributed by atoms with E-state index in [4.69, 9.17) is 21.1 Å². The Morgan fingerprint density at radius 3 is 2.48 bits per heavy atom. The molecule has 0 aliphatic heterocycles. The Morgan fingerprint density at radius 2 is 1.95 bits per heavy atom. The SMILES string of the molecule is CCOc1cc(CN[C@H](CC)CO)c(Cl)cc1OC(C)C. The van der Waals surface area contributed by atoms with Crippen LogP contribution in [0.3, 0.4) is 0 Å². The maximum atomic E-state index is 9.22. The molecule has 0 aliphatic carbocycles. The Kier molecular flexibility index (Phi) is 7.86. The van der Waals surface area contributed by atoms with Crippen LogP contribution < -0.4 is 14.8 Å². The first-order valence-electron chi connectivity index (χ1n) is 7.47. The predicted octanol–water partition coefficient (Wildman–Crippen LogP) is 3.39. The molecule has 1 aromatic carbocycles. The summed E-state index contributed by atoms with van der Waals surface area (Å²) in [4.78, 5) is 0. The number of nitrogens with one attached hydrogen (secondary N) is 1. The molecule has 2 N–H and O–H groups in total. The number of halogens is 1. The van der Waals surface area contributed by atoms with Crippen molar-refractivity contribution < 1.29 is 14.6 Å². The summed E-state index contributed by atoms with van der Waals surface area (Å²) in [6.07, 6.45) is 0.921. The van der Waals surface area contributed by atoms with E-state index in [0.717, 1.165) is 12.0 Å². The fourth-order valence-corrected chi connectivity index (χ4v) is 2.14. The standard InChI is InChI=1S/C16H26ClNO3/c1-5-13(10-19)18-9-12-7-15(20-6-2)16(8-14(12)17)21-11(3)4/h7-8,11,13,18-19H,5-6,9-10H2,1-4H3/t13-/m1/s1. The molecule has 0 spiro atoms. The van der Waals surface area contributed by atoms with E-state index in [-0.39, 0.29) is 18.8 Å². The summed E-state index contributed by atoms with van der Waals surface area (Å²) in [5.74, 6) is 1.36. The van der Waals surface area contributed by atoms with Crippen molar-refractivity contribution in [2.75, 3.05) is 13.2 Å². The van der Waals surface area contributed by atoms with Crippen LogP contribution in [0.2, 0.25) is 5.02 Å². The summed E-state index contributed by atoms with van der Waals surface area (Å²) in [6, 6.07) is 3.77. The first kappa shape index (κ1) is 18.1. The Hall–Kier alpha value is -0.970. The van der Waals surface area contributed by atoms with Crippen LogP contribution in [-0.2, 0) is 6.54 Å². The molecule has 0 heterocycles. The number of hydrogen-bond donors (Lipinski definition) is 2. The number of aliphatic hydroxyl groups excluding tert-OH is 1. The summed E-state index contributed by atoms with van der Waals surface area (Å²) in [7, 11) is 0. The lowest BCUT2D eigenvalue weighted by atomic mass is 10.1. The zero-order chi connectivity index (χ0) is 15.8. The summed E-state index contributed by atoms with van der Waals surface area (Å²) in [5, 5.41) is 13.1. The average molecular weight is 316 g/mol. The second-order valence-electron chi connectivity index (χ2n) is 5.16. The molecule has 0 unspecified atom stereocenters. The largest absolute Gasteiger partial charge is 0.490 e. The second-order valence-corrected chi connectivity index (χ2v) is 5.57. The number of rotatable bonds is 9. The molecule has 4 nitrogen and oxygen atoms in total. The Labute approximate surface area is 132 Å². The lowest BCUT2D eigenvalue weighted by Gasteiger charge is -2.18. The molecule has 0 radical (unpaired) electrons. The molecule has 0 saturated carbocycles. The molecule has 0 fully saturated rings. The van der Waals surface area contributed by atoms with Crippen LogP contribution in [-0.4, -0.2) is 30.5 Å². The van der Waals surface area contributed by atoms with Crippen molar-refractivity contribution in [2.45, 2.75) is 52.8 Å². The van der Waals surface area contributed by atoms with Crippen molar-refractivity contribution in [1.82, 2.24) is 5.32 Å². The molecule has 120 valence electrons. The van der Waals surface area contributed by atoms with Crippen LogP contribution in [0.1, 0.15) is 39.7 Å². The van der Waals surface area contributed by atoms with E-state index in [1.807, 2.05) is 33.8 Å². The topological polar surface area (TPSA) is 50.7 Å². The van der Waals surface area contributed by atoms with E-state index in [1.165, 1.54) is 0 Å². The van der Waals surface area contributed by atoms with Gasteiger partial charge in [-0.2, -0.15) is 0 Å². The summed E-state index contributed by atoms with van der Waals surface area (Å²) >= 11 is 6.32. The van der Waals surface area contributed by atoms with Crippen molar-refractivity contribution in [2.24, 2.45) is 0 Å². The summed E-state index contributed by atoms with van der Waals surface area (Å²) in [5.41, 5.74) is 0.933. The van der Waals surface area contributed by atoms with E-state index in [2.05, 4.69) is 5.32 Å². The van der Waals surface area contributed by atoms with Gasteiger partial charge in [0.2, 0.25) is 0 Å². The van der Waals surface area contributed by atoms with Gasteiger partial charge in [-0.05, 0) is 38.8 Å². The highest BCUT2D eigenvalue weighted by atomic mass is 35.5. The first-order chi connectivity index (χ1) is 10.0. The quantitative estimate of drug-likeness (QED) is 0.733. The van der Waals surface area contributed by atoms with Crippen LogP contribution in [0.15, 0.2) is 12.1 Å². The van der Waals surface area contributed by atoms with Crippen LogP contribution in [0.25, 0.3) is 0 Å². The number of benzene rings is 1. The van der Waals surface area contributed by atoms with Gasteiger partial charge in [-0.25, -0.2) is 0 Å². The maximum Gasteiger partial charge on any atom is 0.163 e. The fourth-order valence-electron chi connectivity index (χ4n) is 1.92. The molecule has 0 bridgehead atoms. The van der Waals surface area contributed by atoms with Crippen LogP contribution in [0, 0.1) is 0 Å². The summed E-state index contributed by atoms with van der Waals surface area (Å²) in [6.45, 7) is 9.15. The van der Waals surface area contributed by atoms with E-state index in [1.54, 1.807) is 6.07 Å². The molecule has 0 aliphatic rings. The highest BCUT2D eigenvalue weighted by molar-refractivity contribution is 6.31. The minimum Gasteiger partial charge on any atom is -0.490 e. The number of ether oxygens (including phenoxy) is 2. The van der Waals surface area contributed by atoms with E-state index >= 15 is 0 Å². The van der Waals surface area contributed by atoms with Crippen molar-refractivity contribution in [3.8, 4) is 11.5 Å². The lowest BCUT2D eigenvalue weighted by Crippen LogP contribution is -2.31. The highest BCUT2D eigenvalue weighted by Gasteiger charge is 2.13. The lowest BCUT2D eigenvalue weighted by molar-refractivity contribution is 0.223. The van der Waals surface area contributed by atoms with Gasteiger partial charge in [0.05, 0.1) is 19.3 Å². The van der Waals surface area contributed by atoms with Crippen LogP contribution in [0.5, 0.6) is 11.5 Å². The zero-order valence-corrected chi connectivity index (χ0v) is 14.0. The summed E-state index contributed by atoms with van der Waals surface area (Å²) < 4.78 is 11.4. The van der Waals surface area contributed by atoms with Gasteiger partial charge < -0.3 is 19.9 Å². The Morgan fingerprint density at radius 1 is 1.24 bits per heavy atom. The maximum absolute atomic E-state index is 9.22. The minimum absolute atomic E-state index is 0.0584. The van der Waals surface area contributed by atoms with Crippen molar-refractivity contribution in [1.29, 1.82) is 0 Å². The van der Waals surface area contributed by atoms with Crippen LogP contribution in [0.4, 0.5) is 0 Å². The van der Waals surface area contributed by atoms with Crippen LogP contribution >= 0.6 is 11.6 Å². The molecule has 1 aromatic rings. The smallest absolute Gasteiger partial charge is 0.163 e. The molecule has 21 heavy (non-hydrogen) atoms. The predicted molar refractivity (Wildman–Crippen MR) is 86.4 cm³/mol. The molecule has 1 rings (SSSR count). The van der Waals surface area contributed by atoms with Gasteiger partial charge in [0, 0.05) is 23.7 Å². The molecule has 0 saturated heterocycles. The molecule has 0 aromatic heterocycles. The molecular formula is C16H26ClNO3. The van der Waals surface area contributed by atoms with E-state index < -0.39 is 0 Å². The minimum atomic E-state index is 0.0584. The van der Waals surface area contributed by atoms with Crippen molar-refractivity contribution in [3.05, 3.63) is 22.7 Å². The van der Waals surface area contributed by atoms with E-state index in [9.17, 15) is 5.11 Å². The Balaban J connectivity index is 2.92. The average Bonchev–Trinajstić information content (AvgIpc) is 2.43. The molecular weight excluding hydrogens is 290 g/mol. The van der Waals surface area contributed by atoms with Gasteiger partial charge in [-0.15, -0.1) is 0 Å². The number of aliphatic hydroxyl groups is 1. The van der Waals surface area contributed by atoms with E-state index in [0.29, 0.717) is 29.7 Å². The van der Waals surface area contributed by atoms with Gasteiger partial charge >= 0.3 is 0 Å². The fraction of sp³-hybridized carbons (Fsp3) is 0.625. The normalized spacial score (nSPS) is 12.5. The third-order valence-electron chi connectivity index (χ3n) is 3.07. The third kappa shape index (κ3) is 5.73. The highest BCUT2D eigenvalue weighted by Crippen LogP contribution is 2.34. The van der Waals surface area contributed by atoms with Crippen molar-refractivity contribution >= 4 is 11.6 Å². The third-order valence-corrected chi connectivity index (χ3v) is 3.42. The van der Waals surface area contributed by atoms with Gasteiger partial charge in [0.25, 0.3) is 0 Å². The molecule has 5 heteroatoms. The first-order valence-corrected chi connectivity index (χ1v) is 7.85. The second kappa shape index (κ2) is 9.13. The zero-order valence-electron chi connectivity index (χ0n) is 13.3. The monoisotopic (exact) mass is 315 g/mol. The van der Waals surface area contributed by atoms with Crippen molar-refractivity contribution in [3.63, 3.8) is 0 Å². The van der Waals surface area contributed by atoms with Gasteiger partial charge in [-0.3, -0.25) is 0 Å². The van der Waals surface area contributed by atoms with Gasteiger partial charge in [-0.1, -0.05) is 18.5 Å².